The third-order valence-electron chi connectivity index (χ3n) is 7.37. The molecule has 0 aliphatic heterocycles. The minimum absolute atomic E-state index is 0.690. The van der Waals surface area contributed by atoms with Crippen molar-refractivity contribution in [3.8, 4) is 45.9 Å². The van der Waals surface area contributed by atoms with Crippen LogP contribution in [-0.4, -0.2) is 13.2 Å². The van der Waals surface area contributed by atoms with Crippen molar-refractivity contribution in [1.29, 1.82) is 10.5 Å². The normalized spacial score (nSPS) is 10.5. The molecule has 0 aliphatic rings. The first-order valence-electron chi connectivity index (χ1n) is 14.6. The van der Waals surface area contributed by atoms with E-state index in [4.69, 9.17) is 20.0 Å². The molecule has 4 nitrogen and oxygen atoms in total. The summed E-state index contributed by atoms with van der Waals surface area (Å²) in [4.78, 5) is 0. The largest absolute Gasteiger partial charge is 0.494 e. The van der Waals surface area contributed by atoms with Crippen molar-refractivity contribution >= 4 is 0 Å². The van der Waals surface area contributed by atoms with Crippen LogP contribution >= 0.6 is 0 Å². The third-order valence-corrected chi connectivity index (χ3v) is 7.37. The van der Waals surface area contributed by atoms with Crippen molar-refractivity contribution in [3.05, 3.63) is 107 Å². The van der Waals surface area contributed by atoms with E-state index < -0.39 is 0 Å². The number of rotatable bonds is 14. The number of nitriles is 2. The number of ether oxygens (including phenoxy) is 2. The summed E-state index contributed by atoms with van der Waals surface area (Å²) >= 11 is 0. The van der Waals surface area contributed by atoms with Gasteiger partial charge in [0.15, 0.2) is 0 Å². The predicted molar refractivity (Wildman–Crippen MR) is 166 cm³/mol. The summed E-state index contributed by atoms with van der Waals surface area (Å²) in [7, 11) is 0. The SMILES string of the molecule is Cc1cc(C#N)ccc1-c1ccc(OCCCCCCCCCOc2ccc(-c3ccc(C#N)cc3C)cc2)cc1. The molecule has 0 N–H and O–H groups in total. The molecule has 0 heterocycles. The smallest absolute Gasteiger partial charge is 0.119 e. The summed E-state index contributed by atoms with van der Waals surface area (Å²) in [6.45, 7) is 5.56. The van der Waals surface area contributed by atoms with E-state index >= 15 is 0 Å². The average molecular weight is 543 g/mol. The van der Waals surface area contributed by atoms with Gasteiger partial charge in [-0.05, 0) is 109 Å². The zero-order valence-electron chi connectivity index (χ0n) is 24.2. The van der Waals surface area contributed by atoms with Gasteiger partial charge in [-0.1, -0.05) is 68.5 Å². The fourth-order valence-electron chi connectivity index (χ4n) is 5.04. The Morgan fingerprint density at radius 3 is 1.20 bits per heavy atom. The molecule has 0 amide bonds. The number of aryl methyl sites for hydroxylation is 2. The van der Waals surface area contributed by atoms with Crippen molar-refractivity contribution in [2.45, 2.75) is 58.8 Å². The van der Waals surface area contributed by atoms with E-state index in [9.17, 15) is 0 Å². The van der Waals surface area contributed by atoms with E-state index in [-0.39, 0.29) is 0 Å². The number of hydrogen-bond donors (Lipinski definition) is 0. The topological polar surface area (TPSA) is 66.0 Å². The summed E-state index contributed by atoms with van der Waals surface area (Å²) in [5.74, 6) is 1.80. The summed E-state index contributed by atoms with van der Waals surface area (Å²) in [6.07, 6.45) is 8.22. The number of benzene rings is 4. The minimum atomic E-state index is 0.690. The van der Waals surface area contributed by atoms with Gasteiger partial charge in [-0.25, -0.2) is 0 Å². The van der Waals surface area contributed by atoms with Gasteiger partial charge >= 0.3 is 0 Å². The lowest BCUT2D eigenvalue weighted by atomic mass is 9.99. The van der Waals surface area contributed by atoms with Crippen LogP contribution in [0.5, 0.6) is 11.5 Å². The molecule has 0 saturated heterocycles. The van der Waals surface area contributed by atoms with Crippen LogP contribution in [-0.2, 0) is 0 Å². The van der Waals surface area contributed by atoms with Crippen molar-refractivity contribution in [2.75, 3.05) is 13.2 Å². The molecule has 4 aromatic carbocycles. The molecular weight excluding hydrogens is 504 g/mol. The van der Waals surface area contributed by atoms with Gasteiger partial charge in [0.05, 0.1) is 36.5 Å². The maximum Gasteiger partial charge on any atom is 0.119 e. The second-order valence-corrected chi connectivity index (χ2v) is 10.5. The van der Waals surface area contributed by atoms with Crippen molar-refractivity contribution < 1.29 is 9.47 Å². The zero-order chi connectivity index (χ0) is 28.9. The van der Waals surface area contributed by atoms with Crippen molar-refractivity contribution in [1.82, 2.24) is 0 Å². The van der Waals surface area contributed by atoms with E-state index in [1.807, 2.05) is 74.5 Å². The van der Waals surface area contributed by atoms with Gasteiger partial charge in [-0.3, -0.25) is 0 Å². The molecule has 4 heteroatoms. The van der Waals surface area contributed by atoms with Crippen LogP contribution in [0.15, 0.2) is 84.9 Å². The standard InChI is InChI=1S/C37H38N2O2/c1-28-24-30(26-38)10-20-36(28)32-12-16-34(17-13-32)40-22-8-6-4-3-5-7-9-23-41-35-18-14-33(15-19-35)37-21-11-31(27-39)25-29(37)2/h10-21,24-25H,3-9,22-23H2,1-2H3. The molecule has 41 heavy (non-hydrogen) atoms. The average Bonchev–Trinajstić information content (AvgIpc) is 3.00. The first-order chi connectivity index (χ1) is 20.1. The Bertz CT molecular complexity index is 1380. The van der Waals surface area contributed by atoms with E-state index in [0.29, 0.717) is 11.1 Å². The number of nitrogens with zero attached hydrogens (tertiary/aromatic N) is 2. The Morgan fingerprint density at radius 2 is 0.854 bits per heavy atom. The molecule has 0 atom stereocenters. The lowest BCUT2D eigenvalue weighted by Crippen LogP contribution is -1.98. The molecule has 208 valence electrons. The number of unbranched alkanes of at least 4 members (excludes halogenated alkanes) is 6. The third kappa shape index (κ3) is 8.72. The second-order valence-electron chi connectivity index (χ2n) is 10.5. The van der Waals surface area contributed by atoms with Gasteiger partial charge in [-0.2, -0.15) is 10.5 Å². The lowest BCUT2D eigenvalue weighted by molar-refractivity contribution is 0.300. The Balaban J connectivity index is 1.04. The highest BCUT2D eigenvalue weighted by Crippen LogP contribution is 2.27. The van der Waals surface area contributed by atoms with Crippen LogP contribution in [0.1, 0.15) is 67.2 Å². The Hall–Kier alpha value is -4.54. The quantitative estimate of drug-likeness (QED) is 0.149. The van der Waals surface area contributed by atoms with E-state index in [1.54, 1.807) is 0 Å². The van der Waals surface area contributed by atoms with Crippen molar-refractivity contribution in [3.63, 3.8) is 0 Å². The molecule has 4 aromatic rings. The van der Waals surface area contributed by atoms with Crippen molar-refractivity contribution in [2.24, 2.45) is 0 Å². The van der Waals surface area contributed by atoms with E-state index in [0.717, 1.165) is 70.9 Å². The molecule has 0 unspecified atom stereocenters. The molecule has 0 radical (unpaired) electrons. The monoisotopic (exact) mass is 542 g/mol. The van der Waals surface area contributed by atoms with Crippen LogP contribution in [0, 0.1) is 36.5 Å². The van der Waals surface area contributed by atoms with Crippen LogP contribution in [0.2, 0.25) is 0 Å². The second kappa shape index (κ2) is 15.3. The van der Waals surface area contributed by atoms with Crippen LogP contribution in [0.3, 0.4) is 0 Å². The Morgan fingerprint density at radius 1 is 0.488 bits per heavy atom. The molecule has 0 saturated carbocycles. The molecule has 0 fully saturated rings. The summed E-state index contributed by atoms with van der Waals surface area (Å²) in [5, 5.41) is 18.1. The maximum absolute atomic E-state index is 9.06. The fourth-order valence-corrected chi connectivity index (χ4v) is 5.04. The van der Waals surface area contributed by atoms with Crippen LogP contribution in [0.25, 0.3) is 22.3 Å². The fraction of sp³-hybridized carbons (Fsp3) is 0.297. The summed E-state index contributed by atoms with van der Waals surface area (Å²) in [6, 6.07) is 32.4. The maximum atomic E-state index is 9.06. The van der Waals surface area contributed by atoms with Crippen LogP contribution < -0.4 is 9.47 Å². The lowest BCUT2D eigenvalue weighted by Gasteiger charge is -2.10. The first-order valence-corrected chi connectivity index (χ1v) is 14.6. The number of hydrogen-bond acceptors (Lipinski definition) is 4. The van der Waals surface area contributed by atoms with E-state index in [1.165, 1.54) is 32.1 Å². The summed E-state index contributed by atoms with van der Waals surface area (Å²) < 4.78 is 11.9. The highest BCUT2D eigenvalue weighted by atomic mass is 16.5. The Kier molecular flexibility index (Phi) is 11.0. The van der Waals surface area contributed by atoms with Gasteiger partial charge in [-0.15, -0.1) is 0 Å². The van der Waals surface area contributed by atoms with Gasteiger partial charge in [0, 0.05) is 0 Å². The molecule has 0 bridgehead atoms. The zero-order valence-corrected chi connectivity index (χ0v) is 24.2. The van der Waals surface area contributed by atoms with Gasteiger partial charge in [0.25, 0.3) is 0 Å². The highest BCUT2D eigenvalue weighted by Gasteiger charge is 2.05. The Labute approximate surface area is 244 Å². The molecule has 0 aromatic heterocycles. The summed E-state index contributed by atoms with van der Waals surface area (Å²) in [5.41, 5.74) is 8.15. The van der Waals surface area contributed by atoms with Gasteiger partial charge in [0.1, 0.15) is 11.5 Å². The van der Waals surface area contributed by atoms with Gasteiger partial charge < -0.3 is 9.47 Å². The molecule has 0 aliphatic carbocycles. The predicted octanol–water partition coefficient (Wildman–Crippen LogP) is 9.57. The molecular formula is C37H38N2O2. The molecule has 0 spiro atoms. The van der Waals surface area contributed by atoms with Gasteiger partial charge in [0.2, 0.25) is 0 Å². The molecule has 4 rings (SSSR count). The van der Waals surface area contributed by atoms with Crippen LogP contribution in [0.4, 0.5) is 0 Å². The first kappa shape index (κ1) is 29.4. The van der Waals surface area contributed by atoms with E-state index in [2.05, 4.69) is 36.4 Å². The highest BCUT2D eigenvalue weighted by molar-refractivity contribution is 5.69. The minimum Gasteiger partial charge on any atom is -0.494 e.